The Labute approximate surface area is 193 Å². The van der Waals surface area contributed by atoms with Gasteiger partial charge in [0.2, 0.25) is 0 Å². The molecule has 0 radical (unpaired) electrons. The number of aromatic nitrogens is 1. The number of fused-ring (bicyclic) bond motifs is 1. The highest BCUT2D eigenvalue weighted by molar-refractivity contribution is 7.09. The van der Waals surface area contributed by atoms with E-state index in [1.54, 1.807) is 5.38 Å². The Bertz CT molecular complexity index is 962. The van der Waals surface area contributed by atoms with Crippen molar-refractivity contribution in [3.05, 3.63) is 81.3 Å². The number of thiazole rings is 1. The predicted molar refractivity (Wildman–Crippen MR) is 128 cm³/mol. The predicted octanol–water partition coefficient (Wildman–Crippen LogP) is 3.98. The van der Waals surface area contributed by atoms with E-state index in [0.29, 0.717) is 25.2 Å². The number of anilines is 1. The van der Waals surface area contributed by atoms with E-state index >= 15 is 0 Å². The van der Waals surface area contributed by atoms with Crippen LogP contribution in [0.5, 0.6) is 0 Å². The number of hydrogen-bond donors (Lipinski definition) is 2. The summed E-state index contributed by atoms with van der Waals surface area (Å²) in [5, 5.41) is 5.63. The summed E-state index contributed by atoms with van der Waals surface area (Å²) in [6.07, 6.45) is 1.82. The van der Waals surface area contributed by atoms with E-state index < -0.39 is 0 Å². The molecule has 160 valence electrons. The monoisotopic (exact) mass is 464 g/mol. The first-order valence-corrected chi connectivity index (χ1v) is 10.4. The molecule has 0 spiro atoms. The molecule has 2 heterocycles. The van der Waals surface area contributed by atoms with Gasteiger partial charge in [-0.25, -0.2) is 4.98 Å². The summed E-state index contributed by atoms with van der Waals surface area (Å²) in [6.45, 7) is 3.02. The second-order valence-electron chi connectivity index (χ2n) is 6.96. The van der Waals surface area contributed by atoms with E-state index in [4.69, 9.17) is 5.73 Å². The van der Waals surface area contributed by atoms with E-state index in [2.05, 4.69) is 63.7 Å². The molecular weight excluding hydrogens is 439 g/mol. The van der Waals surface area contributed by atoms with Crippen LogP contribution in [0.3, 0.4) is 0 Å². The summed E-state index contributed by atoms with van der Waals surface area (Å²) < 4.78 is 0. The fourth-order valence-electron chi connectivity index (χ4n) is 3.48. The second kappa shape index (κ2) is 11.3. The van der Waals surface area contributed by atoms with Crippen molar-refractivity contribution in [2.45, 2.75) is 25.9 Å². The van der Waals surface area contributed by atoms with Gasteiger partial charge in [-0.2, -0.15) is 0 Å². The Kier molecular flexibility index (Phi) is 9.11. The van der Waals surface area contributed by atoms with Crippen LogP contribution in [0.15, 0.2) is 53.9 Å². The maximum atomic E-state index is 12.2. The van der Waals surface area contributed by atoms with Crippen molar-refractivity contribution in [2.24, 2.45) is 5.73 Å². The van der Waals surface area contributed by atoms with Crippen LogP contribution < -0.4 is 16.0 Å². The van der Waals surface area contributed by atoms with Gasteiger partial charge in [-0.15, -0.1) is 36.2 Å². The molecule has 1 amide bonds. The topological polar surface area (TPSA) is 71.2 Å². The van der Waals surface area contributed by atoms with Gasteiger partial charge in [0.1, 0.15) is 5.69 Å². The lowest BCUT2D eigenvalue weighted by Gasteiger charge is -2.19. The molecule has 0 fully saturated rings. The van der Waals surface area contributed by atoms with Crippen LogP contribution in [0.25, 0.3) is 0 Å². The number of benzene rings is 2. The average molecular weight is 465 g/mol. The normalized spacial score (nSPS) is 12.0. The minimum Gasteiger partial charge on any atom is -0.367 e. The van der Waals surface area contributed by atoms with Gasteiger partial charge in [-0.3, -0.25) is 4.79 Å². The number of hydrogen-bond acceptors (Lipinski definition) is 5. The lowest BCUT2D eigenvalue weighted by molar-refractivity contribution is 0.0946. The van der Waals surface area contributed by atoms with Crippen molar-refractivity contribution >= 4 is 47.7 Å². The molecular formula is C22H26Cl2N4OS. The Morgan fingerprint density at radius 2 is 1.83 bits per heavy atom. The number of halogens is 2. The summed E-state index contributed by atoms with van der Waals surface area (Å²) in [5.74, 6) is -0.141. The standard InChI is InChI=1S/C22H24N4OS.2ClH/c23-11-9-21-25-19(15-28-21)22(27)24-13-16-5-7-17(8-6-16)14-26-12-10-18-3-1-2-4-20(18)26;;/h1-8,15H,9-14,23H2,(H,24,27);2*1H. The maximum Gasteiger partial charge on any atom is 0.271 e. The first-order valence-electron chi connectivity index (χ1n) is 9.56. The molecule has 0 atom stereocenters. The highest BCUT2D eigenvalue weighted by Crippen LogP contribution is 2.28. The van der Waals surface area contributed by atoms with E-state index in [0.717, 1.165) is 30.1 Å². The zero-order valence-corrected chi connectivity index (χ0v) is 19.0. The van der Waals surface area contributed by atoms with E-state index in [9.17, 15) is 4.79 Å². The highest BCUT2D eigenvalue weighted by Gasteiger charge is 2.18. The van der Waals surface area contributed by atoms with Gasteiger partial charge in [0.25, 0.3) is 5.91 Å². The van der Waals surface area contributed by atoms with Gasteiger partial charge >= 0.3 is 0 Å². The van der Waals surface area contributed by atoms with Crippen LogP contribution in [0.1, 0.15) is 32.2 Å². The van der Waals surface area contributed by atoms with Gasteiger partial charge in [-0.05, 0) is 35.7 Å². The second-order valence-corrected chi connectivity index (χ2v) is 7.91. The first-order chi connectivity index (χ1) is 13.7. The van der Waals surface area contributed by atoms with Crippen LogP contribution in [0.2, 0.25) is 0 Å². The highest BCUT2D eigenvalue weighted by atomic mass is 35.5. The first kappa shape index (κ1) is 24.2. The number of nitrogens with zero attached hydrogens (tertiary/aromatic N) is 2. The summed E-state index contributed by atoms with van der Waals surface area (Å²) in [7, 11) is 0. The third-order valence-electron chi connectivity index (χ3n) is 4.98. The quantitative estimate of drug-likeness (QED) is 0.554. The number of rotatable bonds is 7. The van der Waals surface area contributed by atoms with Crippen LogP contribution in [0, 0.1) is 0 Å². The molecule has 0 saturated carbocycles. The third kappa shape index (κ3) is 5.73. The van der Waals surface area contributed by atoms with Crippen molar-refractivity contribution in [3.8, 4) is 0 Å². The molecule has 0 unspecified atom stereocenters. The molecule has 4 rings (SSSR count). The molecule has 30 heavy (non-hydrogen) atoms. The Morgan fingerprint density at radius 1 is 1.10 bits per heavy atom. The summed E-state index contributed by atoms with van der Waals surface area (Å²) in [6, 6.07) is 17.1. The zero-order chi connectivity index (χ0) is 19.3. The SMILES string of the molecule is Cl.Cl.NCCc1nc(C(=O)NCc2ccc(CN3CCc4ccccc43)cc2)cs1. The zero-order valence-electron chi connectivity index (χ0n) is 16.5. The number of carbonyl (C=O) groups is 1. The molecule has 2 aromatic carbocycles. The lowest BCUT2D eigenvalue weighted by atomic mass is 10.1. The van der Waals surface area contributed by atoms with Gasteiger partial charge < -0.3 is 16.0 Å². The van der Waals surface area contributed by atoms with Gasteiger partial charge in [-0.1, -0.05) is 42.5 Å². The summed E-state index contributed by atoms with van der Waals surface area (Å²) in [4.78, 5) is 19.0. The number of carbonyl (C=O) groups excluding carboxylic acids is 1. The van der Waals surface area contributed by atoms with Crippen molar-refractivity contribution in [1.29, 1.82) is 0 Å². The largest absolute Gasteiger partial charge is 0.367 e. The van der Waals surface area contributed by atoms with Gasteiger partial charge in [0.15, 0.2) is 0 Å². The van der Waals surface area contributed by atoms with Crippen LogP contribution in [-0.4, -0.2) is 24.0 Å². The van der Waals surface area contributed by atoms with Crippen molar-refractivity contribution in [1.82, 2.24) is 10.3 Å². The molecule has 3 N–H and O–H groups in total. The third-order valence-corrected chi connectivity index (χ3v) is 5.88. The van der Waals surface area contributed by atoms with Crippen LogP contribution in [-0.2, 0) is 25.9 Å². The molecule has 0 bridgehead atoms. The summed E-state index contributed by atoms with van der Waals surface area (Å²) in [5.41, 5.74) is 11.1. The van der Waals surface area contributed by atoms with Crippen molar-refractivity contribution in [3.63, 3.8) is 0 Å². The van der Waals surface area contributed by atoms with Gasteiger partial charge in [0, 0.05) is 37.1 Å². The summed E-state index contributed by atoms with van der Waals surface area (Å²) >= 11 is 1.48. The molecule has 1 aliphatic rings. The van der Waals surface area contributed by atoms with Crippen LogP contribution in [0.4, 0.5) is 5.69 Å². The number of para-hydroxylation sites is 1. The minimum atomic E-state index is -0.141. The Hall–Kier alpha value is -2.12. The van der Waals surface area contributed by atoms with Crippen molar-refractivity contribution in [2.75, 3.05) is 18.0 Å². The Morgan fingerprint density at radius 3 is 2.60 bits per heavy atom. The van der Waals surface area contributed by atoms with E-state index in [1.165, 1.54) is 28.2 Å². The smallest absolute Gasteiger partial charge is 0.271 e. The Balaban J connectivity index is 0.00000160. The minimum absolute atomic E-state index is 0. The molecule has 1 aromatic heterocycles. The number of amides is 1. The van der Waals surface area contributed by atoms with Gasteiger partial charge in [0.05, 0.1) is 5.01 Å². The average Bonchev–Trinajstić information content (AvgIpc) is 3.35. The molecule has 5 nitrogen and oxygen atoms in total. The molecule has 1 aliphatic heterocycles. The fraction of sp³-hybridized carbons (Fsp3) is 0.273. The lowest BCUT2D eigenvalue weighted by Crippen LogP contribution is -2.23. The number of nitrogens with two attached hydrogens (primary N) is 1. The van der Waals surface area contributed by atoms with E-state index in [-0.39, 0.29) is 30.7 Å². The maximum absolute atomic E-state index is 12.2. The number of nitrogens with one attached hydrogen (secondary N) is 1. The fourth-order valence-corrected chi connectivity index (χ4v) is 4.27. The molecule has 0 saturated heterocycles. The van der Waals surface area contributed by atoms with E-state index in [1.807, 2.05) is 0 Å². The molecule has 3 aromatic rings. The van der Waals surface area contributed by atoms with Crippen LogP contribution >= 0.6 is 36.2 Å². The van der Waals surface area contributed by atoms with Crippen molar-refractivity contribution < 1.29 is 4.79 Å². The molecule has 0 aliphatic carbocycles. The molecule has 8 heteroatoms.